The smallest absolute Gasteiger partial charge is 0.331 e. The lowest BCUT2D eigenvalue weighted by Gasteiger charge is -2.12. The van der Waals surface area contributed by atoms with Crippen LogP contribution >= 0.6 is 0 Å². The third-order valence-corrected chi connectivity index (χ3v) is 3.64. The molecule has 0 aliphatic carbocycles. The van der Waals surface area contributed by atoms with E-state index in [1.807, 2.05) is 0 Å². The third kappa shape index (κ3) is 4.32. The van der Waals surface area contributed by atoms with Gasteiger partial charge in [-0.3, -0.25) is 0 Å². The lowest BCUT2D eigenvalue weighted by atomic mass is 10.1. The number of furan rings is 1. The van der Waals surface area contributed by atoms with Gasteiger partial charge in [0.05, 0.1) is 27.6 Å². The monoisotopic (exact) mass is 386 g/mol. The van der Waals surface area contributed by atoms with Crippen LogP contribution in [-0.4, -0.2) is 37.5 Å². The Bertz CT molecular complexity index is 936. The van der Waals surface area contributed by atoms with Crippen LogP contribution in [0.2, 0.25) is 0 Å². The zero-order valence-corrected chi connectivity index (χ0v) is 15.5. The molecule has 0 amide bonds. The topological polar surface area (TPSA) is 106 Å². The highest BCUT2D eigenvalue weighted by Crippen LogP contribution is 2.38. The standard InChI is InChI=1S/C19H18N2O7/c1-23-14-9-12(10-15(24-2)18(14)25-3)6-7-17(22)27-11-16-20-21-19(28-16)13-5-4-8-26-13/h4-10H,11H2,1-3H3/b7-6+. The van der Waals surface area contributed by atoms with Gasteiger partial charge in [0.15, 0.2) is 23.9 Å². The molecular weight excluding hydrogens is 368 g/mol. The number of ether oxygens (including phenoxy) is 4. The Balaban J connectivity index is 1.62. The molecule has 0 aliphatic rings. The summed E-state index contributed by atoms with van der Waals surface area (Å²) in [6.45, 7) is -0.161. The highest BCUT2D eigenvalue weighted by molar-refractivity contribution is 5.87. The van der Waals surface area contributed by atoms with E-state index < -0.39 is 5.97 Å². The van der Waals surface area contributed by atoms with Gasteiger partial charge in [-0.15, -0.1) is 10.2 Å². The van der Waals surface area contributed by atoms with Crippen LogP contribution in [0.4, 0.5) is 0 Å². The Morgan fingerprint density at radius 2 is 1.86 bits per heavy atom. The second-order valence-corrected chi connectivity index (χ2v) is 5.38. The Morgan fingerprint density at radius 3 is 2.46 bits per heavy atom. The number of rotatable bonds is 8. The molecule has 0 fully saturated rings. The molecule has 0 saturated carbocycles. The van der Waals surface area contributed by atoms with E-state index in [9.17, 15) is 4.79 Å². The predicted molar refractivity (Wildman–Crippen MR) is 96.9 cm³/mol. The van der Waals surface area contributed by atoms with Crippen molar-refractivity contribution < 1.29 is 32.6 Å². The fourth-order valence-electron chi connectivity index (χ4n) is 2.35. The van der Waals surface area contributed by atoms with E-state index in [2.05, 4.69) is 10.2 Å². The molecule has 0 atom stereocenters. The Morgan fingerprint density at radius 1 is 1.11 bits per heavy atom. The minimum Gasteiger partial charge on any atom is -0.493 e. The maximum absolute atomic E-state index is 12.0. The molecule has 146 valence electrons. The second kappa shape index (κ2) is 8.76. The van der Waals surface area contributed by atoms with Crippen molar-refractivity contribution >= 4 is 12.0 Å². The van der Waals surface area contributed by atoms with E-state index in [0.29, 0.717) is 28.6 Å². The Kier molecular flexibility index (Phi) is 5.95. The quantitative estimate of drug-likeness (QED) is 0.426. The third-order valence-electron chi connectivity index (χ3n) is 3.64. The van der Waals surface area contributed by atoms with Gasteiger partial charge in [-0.05, 0) is 35.9 Å². The maximum Gasteiger partial charge on any atom is 0.331 e. The van der Waals surface area contributed by atoms with Crippen LogP contribution in [0.25, 0.3) is 17.7 Å². The summed E-state index contributed by atoms with van der Waals surface area (Å²) in [6.07, 6.45) is 4.33. The van der Waals surface area contributed by atoms with Gasteiger partial charge >= 0.3 is 5.97 Å². The molecule has 2 aromatic heterocycles. The summed E-state index contributed by atoms with van der Waals surface area (Å²) in [5.41, 5.74) is 0.671. The summed E-state index contributed by atoms with van der Waals surface area (Å²) in [7, 11) is 4.54. The van der Waals surface area contributed by atoms with Gasteiger partial charge in [0, 0.05) is 6.08 Å². The zero-order chi connectivity index (χ0) is 19.9. The van der Waals surface area contributed by atoms with Crippen LogP contribution in [0.3, 0.4) is 0 Å². The maximum atomic E-state index is 12.0. The molecule has 0 N–H and O–H groups in total. The highest BCUT2D eigenvalue weighted by atomic mass is 16.5. The number of hydrogen-bond acceptors (Lipinski definition) is 9. The van der Waals surface area contributed by atoms with Crippen molar-refractivity contribution in [1.82, 2.24) is 10.2 Å². The lowest BCUT2D eigenvalue weighted by Crippen LogP contribution is -2.01. The summed E-state index contributed by atoms with van der Waals surface area (Å²) in [5, 5.41) is 7.63. The summed E-state index contributed by atoms with van der Waals surface area (Å²) < 4.78 is 31.4. The van der Waals surface area contributed by atoms with Crippen molar-refractivity contribution in [2.45, 2.75) is 6.61 Å². The van der Waals surface area contributed by atoms with Crippen LogP contribution < -0.4 is 14.2 Å². The number of aromatic nitrogens is 2. The van der Waals surface area contributed by atoms with Crippen LogP contribution in [0.1, 0.15) is 11.5 Å². The molecule has 9 nitrogen and oxygen atoms in total. The lowest BCUT2D eigenvalue weighted by molar-refractivity contribution is -0.139. The highest BCUT2D eigenvalue weighted by Gasteiger charge is 2.13. The van der Waals surface area contributed by atoms with E-state index in [4.69, 9.17) is 27.8 Å². The molecule has 0 aliphatic heterocycles. The Labute approximate surface area is 160 Å². The average molecular weight is 386 g/mol. The molecule has 9 heteroatoms. The van der Waals surface area contributed by atoms with Crippen LogP contribution in [-0.2, 0) is 16.1 Å². The number of esters is 1. The van der Waals surface area contributed by atoms with E-state index in [-0.39, 0.29) is 18.4 Å². The van der Waals surface area contributed by atoms with Gasteiger partial charge in [0.2, 0.25) is 5.75 Å². The van der Waals surface area contributed by atoms with E-state index in [0.717, 1.165) is 0 Å². The fraction of sp³-hybridized carbons (Fsp3) is 0.211. The van der Waals surface area contributed by atoms with Crippen molar-refractivity contribution in [3.63, 3.8) is 0 Å². The molecule has 2 heterocycles. The number of benzene rings is 1. The minimum absolute atomic E-state index is 0.154. The molecule has 3 aromatic rings. The second-order valence-electron chi connectivity index (χ2n) is 5.38. The minimum atomic E-state index is -0.577. The van der Waals surface area contributed by atoms with E-state index >= 15 is 0 Å². The van der Waals surface area contributed by atoms with E-state index in [1.165, 1.54) is 33.7 Å². The Hall–Kier alpha value is -3.75. The number of carbonyl (C=O) groups is 1. The van der Waals surface area contributed by atoms with Gasteiger partial charge in [0.25, 0.3) is 11.8 Å². The molecular formula is C19H18N2O7. The summed E-state index contributed by atoms with van der Waals surface area (Å²) >= 11 is 0. The van der Waals surface area contributed by atoms with E-state index in [1.54, 1.807) is 30.3 Å². The van der Waals surface area contributed by atoms with Crippen molar-refractivity contribution in [2.75, 3.05) is 21.3 Å². The number of methoxy groups -OCH3 is 3. The molecule has 0 unspecified atom stereocenters. The molecule has 0 bridgehead atoms. The predicted octanol–water partition coefficient (Wildman–Crippen LogP) is 3.11. The number of carbonyl (C=O) groups excluding carboxylic acids is 1. The van der Waals surface area contributed by atoms with Crippen molar-refractivity contribution in [1.29, 1.82) is 0 Å². The number of nitrogens with zero attached hydrogens (tertiary/aromatic N) is 2. The molecule has 0 saturated heterocycles. The first kappa shape index (κ1) is 19.0. The van der Waals surface area contributed by atoms with Crippen LogP contribution in [0.15, 0.2) is 45.4 Å². The first-order chi connectivity index (χ1) is 13.6. The van der Waals surface area contributed by atoms with Crippen LogP contribution in [0, 0.1) is 0 Å². The summed E-state index contributed by atoms with van der Waals surface area (Å²) in [5.74, 6) is 1.65. The van der Waals surface area contributed by atoms with Gasteiger partial charge in [0.1, 0.15) is 0 Å². The normalized spacial score (nSPS) is 10.8. The molecule has 0 radical (unpaired) electrons. The SMILES string of the molecule is COc1cc(/C=C/C(=O)OCc2nnc(-c3ccco3)o2)cc(OC)c1OC. The van der Waals surface area contributed by atoms with Gasteiger partial charge < -0.3 is 27.8 Å². The van der Waals surface area contributed by atoms with Crippen LogP contribution in [0.5, 0.6) is 17.2 Å². The molecule has 3 rings (SSSR count). The van der Waals surface area contributed by atoms with Gasteiger partial charge in [-0.1, -0.05) is 0 Å². The summed E-state index contributed by atoms with van der Waals surface area (Å²) in [4.78, 5) is 12.0. The summed E-state index contributed by atoms with van der Waals surface area (Å²) in [6, 6.07) is 6.80. The first-order valence-corrected chi connectivity index (χ1v) is 8.15. The van der Waals surface area contributed by atoms with Crippen molar-refractivity contribution in [2.24, 2.45) is 0 Å². The largest absolute Gasteiger partial charge is 0.493 e. The fourth-order valence-corrected chi connectivity index (χ4v) is 2.35. The molecule has 1 aromatic carbocycles. The molecule has 0 spiro atoms. The van der Waals surface area contributed by atoms with Gasteiger partial charge in [-0.2, -0.15) is 0 Å². The van der Waals surface area contributed by atoms with Crippen molar-refractivity contribution in [3.8, 4) is 28.9 Å². The number of hydrogen-bond donors (Lipinski definition) is 0. The first-order valence-electron chi connectivity index (χ1n) is 8.15. The molecule has 28 heavy (non-hydrogen) atoms. The van der Waals surface area contributed by atoms with Gasteiger partial charge in [-0.25, -0.2) is 4.79 Å². The average Bonchev–Trinajstić information content (AvgIpc) is 3.41. The van der Waals surface area contributed by atoms with Crippen molar-refractivity contribution in [3.05, 3.63) is 48.1 Å². The zero-order valence-electron chi connectivity index (χ0n) is 15.5.